The molecule has 1 heteroatoms. The molecule has 0 aliphatic heterocycles. The number of hydrogen-bond acceptors (Lipinski definition) is 1. The van der Waals surface area contributed by atoms with E-state index in [2.05, 4.69) is 57.3 Å². The first-order valence-corrected chi connectivity index (χ1v) is 7.35. The maximum absolute atomic E-state index is 3.74. The van der Waals surface area contributed by atoms with Crippen molar-refractivity contribution >= 4 is 5.69 Å². The van der Waals surface area contributed by atoms with Crippen molar-refractivity contribution in [3.05, 3.63) is 29.8 Å². The molecule has 1 aliphatic rings. The van der Waals surface area contributed by atoms with Crippen molar-refractivity contribution in [3.63, 3.8) is 0 Å². The zero-order valence-corrected chi connectivity index (χ0v) is 12.3. The largest absolute Gasteiger partial charge is 0.382 e. The van der Waals surface area contributed by atoms with E-state index in [0.29, 0.717) is 17.4 Å². The van der Waals surface area contributed by atoms with Crippen molar-refractivity contribution in [2.45, 2.75) is 65.3 Å². The van der Waals surface area contributed by atoms with Crippen LogP contribution in [-0.4, -0.2) is 6.04 Å². The fourth-order valence-electron chi connectivity index (χ4n) is 2.93. The number of anilines is 1. The minimum atomic E-state index is 0.426. The summed E-state index contributed by atoms with van der Waals surface area (Å²) in [4.78, 5) is 0. The Morgan fingerprint density at radius 3 is 2.33 bits per heavy atom. The van der Waals surface area contributed by atoms with Gasteiger partial charge in [0, 0.05) is 11.7 Å². The molecule has 1 aromatic rings. The zero-order valence-electron chi connectivity index (χ0n) is 12.3. The molecule has 0 amide bonds. The molecule has 1 saturated carbocycles. The summed E-state index contributed by atoms with van der Waals surface area (Å²) >= 11 is 0. The van der Waals surface area contributed by atoms with Gasteiger partial charge in [0.15, 0.2) is 0 Å². The van der Waals surface area contributed by atoms with Gasteiger partial charge in [-0.05, 0) is 41.9 Å². The summed E-state index contributed by atoms with van der Waals surface area (Å²) in [6.07, 6.45) is 5.40. The Morgan fingerprint density at radius 1 is 1.11 bits per heavy atom. The summed E-state index contributed by atoms with van der Waals surface area (Å²) in [6, 6.07) is 9.60. The second-order valence-electron chi connectivity index (χ2n) is 6.71. The fraction of sp³-hybridized carbons (Fsp3) is 0.647. The van der Waals surface area contributed by atoms with Crippen molar-refractivity contribution in [1.82, 2.24) is 0 Å². The van der Waals surface area contributed by atoms with E-state index < -0.39 is 0 Å². The summed E-state index contributed by atoms with van der Waals surface area (Å²) in [5, 5.41) is 3.74. The second-order valence-corrected chi connectivity index (χ2v) is 6.71. The lowest BCUT2D eigenvalue weighted by Crippen LogP contribution is -2.38. The molecular weight excluding hydrogens is 218 g/mol. The van der Waals surface area contributed by atoms with Gasteiger partial charge in [0.2, 0.25) is 0 Å². The molecule has 1 unspecified atom stereocenters. The van der Waals surface area contributed by atoms with Gasteiger partial charge in [0.05, 0.1) is 0 Å². The van der Waals surface area contributed by atoms with E-state index in [4.69, 9.17) is 0 Å². The zero-order chi connectivity index (χ0) is 13.2. The Balaban J connectivity index is 2.04. The Bertz CT molecular complexity index is 375. The van der Waals surface area contributed by atoms with Crippen molar-refractivity contribution < 1.29 is 0 Å². The first kappa shape index (κ1) is 13.5. The topological polar surface area (TPSA) is 12.0 Å². The molecule has 1 atom stereocenters. The minimum absolute atomic E-state index is 0.426. The Labute approximate surface area is 112 Å². The van der Waals surface area contributed by atoms with E-state index in [-0.39, 0.29) is 0 Å². The van der Waals surface area contributed by atoms with Gasteiger partial charge in [-0.3, -0.25) is 0 Å². The maximum atomic E-state index is 3.74. The normalized spacial score (nSPS) is 23.1. The van der Waals surface area contributed by atoms with Crippen LogP contribution in [0.3, 0.4) is 0 Å². The van der Waals surface area contributed by atoms with Gasteiger partial charge in [-0.25, -0.2) is 0 Å². The smallest absolute Gasteiger partial charge is 0.0342 e. The van der Waals surface area contributed by atoms with E-state index in [1.54, 1.807) is 0 Å². The highest BCUT2D eigenvalue weighted by Gasteiger charge is 2.31. The average Bonchev–Trinajstić information content (AvgIpc) is 2.32. The summed E-state index contributed by atoms with van der Waals surface area (Å²) in [6.45, 7) is 9.28. The molecule has 1 aliphatic carbocycles. The van der Waals surface area contributed by atoms with Crippen LogP contribution in [0.5, 0.6) is 0 Å². The number of hydrogen-bond donors (Lipinski definition) is 1. The summed E-state index contributed by atoms with van der Waals surface area (Å²) in [5.74, 6) is 0.616. The molecule has 0 spiro atoms. The Morgan fingerprint density at radius 2 is 1.78 bits per heavy atom. The van der Waals surface area contributed by atoms with Crippen LogP contribution in [0.1, 0.15) is 64.9 Å². The van der Waals surface area contributed by atoms with Crippen LogP contribution < -0.4 is 5.32 Å². The molecule has 2 rings (SSSR count). The molecule has 0 aromatic heterocycles. The third-order valence-corrected chi connectivity index (χ3v) is 4.43. The van der Waals surface area contributed by atoms with Gasteiger partial charge in [-0.2, -0.15) is 0 Å². The first-order chi connectivity index (χ1) is 8.49. The van der Waals surface area contributed by atoms with Crippen LogP contribution >= 0.6 is 0 Å². The predicted octanol–water partition coefficient (Wildman–Crippen LogP) is 5.19. The van der Waals surface area contributed by atoms with Gasteiger partial charge in [-0.15, -0.1) is 0 Å². The van der Waals surface area contributed by atoms with Gasteiger partial charge in [0.25, 0.3) is 0 Å². The maximum Gasteiger partial charge on any atom is 0.0342 e. The highest BCUT2D eigenvalue weighted by Crippen LogP contribution is 2.37. The van der Waals surface area contributed by atoms with Gasteiger partial charge in [0.1, 0.15) is 0 Å². The van der Waals surface area contributed by atoms with Crippen LogP contribution in [-0.2, 0) is 0 Å². The van der Waals surface area contributed by atoms with Gasteiger partial charge < -0.3 is 5.32 Å². The molecule has 0 saturated heterocycles. The highest BCUT2D eigenvalue weighted by molar-refractivity contribution is 5.46. The molecule has 0 bridgehead atoms. The third kappa shape index (κ3) is 3.07. The van der Waals surface area contributed by atoms with E-state index in [1.807, 2.05) is 0 Å². The van der Waals surface area contributed by atoms with E-state index >= 15 is 0 Å². The summed E-state index contributed by atoms with van der Waals surface area (Å²) < 4.78 is 0. The quantitative estimate of drug-likeness (QED) is 0.772. The molecule has 0 heterocycles. The lowest BCUT2D eigenvalue weighted by molar-refractivity contribution is 0.217. The van der Waals surface area contributed by atoms with Crippen molar-refractivity contribution in [3.8, 4) is 0 Å². The monoisotopic (exact) mass is 245 g/mol. The minimum Gasteiger partial charge on any atom is -0.382 e. The van der Waals surface area contributed by atoms with Gasteiger partial charge >= 0.3 is 0 Å². The molecule has 0 radical (unpaired) electrons. The molecule has 1 aromatic carbocycles. The molecular formula is C17H27N. The van der Waals surface area contributed by atoms with Crippen molar-refractivity contribution in [1.29, 1.82) is 0 Å². The highest BCUT2D eigenvalue weighted by atomic mass is 14.9. The number of benzene rings is 1. The molecule has 100 valence electrons. The van der Waals surface area contributed by atoms with Crippen LogP contribution in [0.25, 0.3) is 0 Å². The third-order valence-electron chi connectivity index (χ3n) is 4.43. The van der Waals surface area contributed by atoms with E-state index in [0.717, 1.165) is 0 Å². The summed E-state index contributed by atoms with van der Waals surface area (Å²) in [5.41, 5.74) is 3.12. The fourth-order valence-corrected chi connectivity index (χ4v) is 2.93. The number of rotatable bonds is 3. The second kappa shape index (κ2) is 5.34. The Hall–Kier alpha value is -0.980. The average molecular weight is 245 g/mol. The van der Waals surface area contributed by atoms with Crippen LogP contribution in [0, 0.1) is 5.41 Å². The van der Waals surface area contributed by atoms with Gasteiger partial charge in [-0.1, -0.05) is 52.7 Å². The molecule has 1 fully saturated rings. The van der Waals surface area contributed by atoms with E-state index in [9.17, 15) is 0 Å². The SMILES string of the molecule is CC(C)c1ccc(NC2CCCCC2(C)C)cc1. The molecule has 18 heavy (non-hydrogen) atoms. The van der Waals surface area contributed by atoms with E-state index in [1.165, 1.54) is 36.9 Å². The number of nitrogens with one attached hydrogen (secondary N) is 1. The van der Waals surface area contributed by atoms with Crippen molar-refractivity contribution in [2.75, 3.05) is 5.32 Å². The van der Waals surface area contributed by atoms with Crippen molar-refractivity contribution in [2.24, 2.45) is 5.41 Å². The Kier molecular flexibility index (Phi) is 3.99. The van der Waals surface area contributed by atoms with Crippen LogP contribution in [0.2, 0.25) is 0 Å². The predicted molar refractivity (Wildman–Crippen MR) is 80.2 cm³/mol. The lowest BCUT2D eigenvalue weighted by atomic mass is 9.73. The molecule has 1 nitrogen and oxygen atoms in total. The first-order valence-electron chi connectivity index (χ1n) is 7.35. The standard InChI is InChI=1S/C17H27N/c1-13(2)14-8-10-15(11-9-14)18-16-7-5-6-12-17(16,3)4/h8-11,13,16,18H,5-7,12H2,1-4H3. The van der Waals surface area contributed by atoms with Crippen LogP contribution in [0.4, 0.5) is 5.69 Å². The lowest BCUT2D eigenvalue weighted by Gasteiger charge is -2.39. The molecule has 1 N–H and O–H groups in total. The summed E-state index contributed by atoms with van der Waals surface area (Å²) in [7, 11) is 0. The van der Waals surface area contributed by atoms with Crippen LogP contribution in [0.15, 0.2) is 24.3 Å².